The van der Waals surface area contributed by atoms with Crippen LogP contribution in [0.2, 0.25) is 0 Å². The summed E-state index contributed by atoms with van der Waals surface area (Å²) < 4.78 is 10.4. The fourth-order valence-electron chi connectivity index (χ4n) is 2.29. The van der Waals surface area contributed by atoms with E-state index in [0.29, 0.717) is 29.5 Å². The topological polar surface area (TPSA) is 76.7 Å². The molecule has 0 aliphatic rings. The number of amides is 2. The zero-order chi connectivity index (χ0) is 19.0. The zero-order valence-electron chi connectivity index (χ0n) is 16.0. The summed E-state index contributed by atoms with van der Waals surface area (Å²) >= 11 is 0. The lowest BCUT2D eigenvalue weighted by molar-refractivity contribution is -0.123. The van der Waals surface area contributed by atoms with Crippen LogP contribution in [0, 0.1) is 11.8 Å². The summed E-state index contributed by atoms with van der Waals surface area (Å²) in [6.45, 7) is 8.61. The lowest BCUT2D eigenvalue weighted by Crippen LogP contribution is -2.50. The Morgan fingerprint density at radius 1 is 1.00 bits per heavy atom. The number of carbonyl (C=O) groups is 2. The van der Waals surface area contributed by atoms with Crippen LogP contribution >= 0.6 is 0 Å². The standard InChI is InChI=1S/C19H30N2O4/c1-12(2)7-8-20-19(23)17(13(3)4)21-18(22)14-9-15(24-5)11-16(10-14)25-6/h9-13,17H,7-8H2,1-6H3,(H,20,23)(H,21,22)/t17-/m0/s1. The van der Waals surface area contributed by atoms with Gasteiger partial charge in [-0.3, -0.25) is 9.59 Å². The maximum atomic E-state index is 12.6. The second kappa shape index (κ2) is 9.91. The molecule has 1 aromatic carbocycles. The zero-order valence-corrected chi connectivity index (χ0v) is 16.0. The predicted octanol–water partition coefficient (Wildman–Crippen LogP) is 2.62. The molecule has 0 saturated carbocycles. The first-order valence-corrected chi connectivity index (χ1v) is 8.60. The van der Waals surface area contributed by atoms with Crippen LogP contribution in [-0.2, 0) is 4.79 Å². The number of methoxy groups -OCH3 is 2. The van der Waals surface area contributed by atoms with Gasteiger partial charge in [-0.05, 0) is 30.4 Å². The van der Waals surface area contributed by atoms with Crippen LogP contribution in [0.1, 0.15) is 44.5 Å². The Kier molecular flexibility index (Phi) is 8.25. The maximum Gasteiger partial charge on any atom is 0.252 e. The maximum absolute atomic E-state index is 12.6. The van der Waals surface area contributed by atoms with Crippen molar-refractivity contribution in [3.05, 3.63) is 23.8 Å². The van der Waals surface area contributed by atoms with Crippen LogP contribution in [0.5, 0.6) is 11.5 Å². The second-order valence-corrected chi connectivity index (χ2v) is 6.77. The largest absolute Gasteiger partial charge is 0.497 e. The van der Waals surface area contributed by atoms with Gasteiger partial charge >= 0.3 is 0 Å². The molecular weight excluding hydrogens is 320 g/mol. The molecule has 140 valence electrons. The molecule has 0 aromatic heterocycles. The molecule has 1 atom stereocenters. The number of hydrogen-bond acceptors (Lipinski definition) is 4. The van der Waals surface area contributed by atoms with E-state index in [0.717, 1.165) is 6.42 Å². The number of ether oxygens (including phenoxy) is 2. The smallest absolute Gasteiger partial charge is 0.252 e. The minimum absolute atomic E-state index is 0.0319. The fraction of sp³-hybridized carbons (Fsp3) is 0.579. The van der Waals surface area contributed by atoms with Crippen molar-refractivity contribution < 1.29 is 19.1 Å². The van der Waals surface area contributed by atoms with Crippen LogP contribution in [0.25, 0.3) is 0 Å². The van der Waals surface area contributed by atoms with E-state index in [-0.39, 0.29) is 17.7 Å². The Morgan fingerprint density at radius 3 is 2.00 bits per heavy atom. The first kappa shape index (κ1) is 20.8. The van der Waals surface area contributed by atoms with Crippen molar-refractivity contribution in [1.82, 2.24) is 10.6 Å². The van der Waals surface area contributed by atoms with Crippen molar-refractivity contribution in [2.24, 2.45) is 11.8 Å². The first-order valence-electron chi connectivity index (χ1n) is 8.60. The summed E-state index contributed by atoms with van der Waals surface area (Å²) in [6.07, 6.45) is 0.900. The van der Waals surface area contributed by atoms with Gasteiger partial charge in [-0.25, -0.2) is 0 Å². The third-order valence-corrected chi connectivity index (χ3v) is 3.87. The van der Waals surface area contributed by atoms with E-state index in [1.54, 1.807) is 18.2 Å². The van der Waals surface area contributed by atoms with Crippen LogP contribution in [-0.4, -0.2) is 38.6 Å². The molecule has 2 amide bonds. The summed E-state index contributed by atoms with van der Waals surface area (Å²) in [7, 11) is 3.05. The van der Waals surface area contributed by atoms with Gasteiger partial charge in [0.15, 0.2) is 0 Å². The Bertz CT molecular complexity index is 563. The molecule has 0 heterocycles. The second-order valence-electron chi connectivity index (χ2n) is 6.77. The van der Waals surface area contributed by atoms with Gasteiger partial charge in [0.2, 0.25) is 5.91 Å². The highest BCUT2D eigenvalue weighted by Gasteiger charge is 2.25. The van der Waals surface area contributed by atoms with Gasteiger partial charge in [-0.2, -0.15) is 0 Å². The molecular formula is C19H30N2O4. The highest BCUT2D eigenvalue weighted by atomic mass is 16.5. The number of hydrogen-bond donors (Lipinski definition) is 2. The van der Waals surface area contributed by atoms with Crippen LogP contribution in [0.15, 0.2) is 18.2 Å². The number of nitrogens with one attached hydrogen (secondary N) is 2. The molecule has 1 aromatic rings. The molecule has 0 spiro atoms. The molecule has 0 radical (unpaired) electrons. The number of carbonyl (C=O) groups excluding carboxylic acids is 2. The number of rotatable bonds is 9. The molecule has 6 nitrogen and oxygen atoms in total. The van der Waals surface area contributed by atoms with Gasteiger partial charge in [-0.1, -0.05) is 27.7 Å². The van der Waals surface area contributed by atoms with E-state index in [9.17, 15) is 9.59 Å². The van der Waals surface area contributed by atoms with Crippen molar-refractivity contribution in [3.8, 4) is 11.5 Å². The van der Waals surface area contributed by atoms with Crippen LogP contribution in [0.4, 0.5) is 0 Å². The summed E-state index contributed by atoms with van der Waals surface area (Å²) in [6, 6.07) is 4.32. The van der Waals surface area contributed by atoms with Crippen molar-refractivity contribution in [3.63, 3.8) is 0 Å². The van der Waals surface area contributed by atoms with Gasteiger partial charge < -0.3 is 20.1 Å². The molecule has 25 heavy (non-hydrogen) atoms. The van der Waals surface area contributed by atoms with Crippen molar-refractivity contribution in [2.45, 2.75) is 40.2 Å². The van der Waals surface area contributed by atoms with Crippen molar-refractivity contribution >= 4 is 11.8 Å². The lowest BCUT2D eigenvalue weighted by atomic mass is 10.0. The van der Waals surface area contributed by atoms with E-state index < -0.39 is 6.04 Å². The summed E-state index contributed by atoms with van der Waals surface area (Å²) in [5, 5.41) is 5.71. The van der Waals surface area contributed by atoms with Crippen LogP contribution < -0.4 is 20.1 Å². The average molecular weight is 350 g/mol. The van der Waals surface area contributed by atoms with Gasteiger partial charge in [0.05, 0.1) is 14.2 Å². The molecule has 1 rings (SSSR count). The van der Waals surface area contributed by atoms with E-state index in [4.69, 9.17) is 9.47 Å². The summed E-state index contributed by atoms with van der Waals surface area (Å²) in [5.74, 6) is 1.01. The quantitative estimate of drug-likeness (QED) is 0.718. The minimum atomic E-state index is -0.600. The highest BCUT2D eigenvalue weighted by molar-refractivity contribution is 5.98. The minimum Gasteiger partial charge on any atom is -0.497 e. The SMILES string of the molecule is COc1cc(OC)cc(C(=O)N[C@H](C(=O)NCCC(C)C)C(C)C)c1. The highest BCUT2D eigenvalue weighted by Crippen LogP contribution is 2.22. The Morgan fingerprint density at radius 2 is 1.56 bits per heavy atom. The lowest BCUT2D eigenvalue weighted by Gasteiger charge is -2.22. The van der Waals surface area contributed by atoms with Gasteiger partial charge in [0.1, 0.15) is 17.5 Å². The van der Waals surface area contributed by atoms with E-state index in [2.05, 4.69) is 24.5 Å². The molecule has 2 N–H and O–H groups in total. The fourth-order valence-corrected chi connectivity index (χ4v) is 2.29. The van der Waals surface area contributed by atoms with Gasteiger partial charge in [0, 0.05) is 18.2 Å². The summed E-state index contributed by atoms with van der Waals surface area (Å²) in [5.41, 5.74) is 0.386. The number of benzene rings is 1. The third-order valence-electron chi connectivity index (χ3n) is 3.87. The molecule has 0 bridgehead atoms. The van der Waals surface area contributed by atoms with Crippen molar-refractivity contribution in [2.75, 3.05) is 20.8 Å². The normalized spacial score (nSPS) is 12.0. The monoisotopic (exact) mass is 350 g/mol. The Hall–Kier alpha value is -2.24. The Balaban J connectivity index is 2.84. The van der Waals surface area contributed by atoms with E-state index in [1.165, 1.54) is 14.2 Å². The molecule has 0 aliphatic carbocycles. The Labute approximate surface area is 150 Å². The van der Waals surface area contributed by atoms with E-state index in [1.807, 2.05) is 13.8 Å². The summed E-state index contributed by atoms with van der Waals surface area (Å²) in [4.78, 5) is 25.0. The van der Waals surface area contributed by atoms with Gasteiger partial charge in [0.25, 0.3) is 5.91 Å². The van der Waals surface area contributed by atoms with E-state index >= 15 is 0 Å². The third kappa shape index (κ3) is 6.64. The van der Waals surface area contributed by atoms with Gasteiger partial charge in [-0.15, -0.1) is 0 Å². The molecule has 0 saturated heterocycles. The van der Waals surface area contributed by atoms with Crippen LogP contribution in [0.3, 0.4) is 0 Å². The average Bonchev–Trinajstić information content (AvgIpc) is 2.57. The molecule has 0 fully saturated rings. The first-order chi connectivity index (χ1) is 11.8. The molecule has 0 aliphatic heterocycles. The molecule has 0 unspecified atom stereocenters. The van der Waals surface area contributed by atoms with Crippen molar-refractivity contribution in [1.29, 1.82) is 0 Å². The predicted molar refractivity (Wildman–Crippen MR) is 98.1 cm³/mol. The molecule has 6 heteroatoms.